The predicted molar refractivity (Wildman–Crippen MR) is 148 cm³/mol. The Labute approximate surface area is 222 Å². The van der Waals surface area contributed by atoms with Crippen LogP contribution in [-0.2, 0) is 9.53 Å². The summed E-state index contributed by atoms with van der Waals surface area (Å²) in [5.74, 6) is 2.32. The Balaban J connectivity index is 1.08. The van der Waals surface area contributed by atoms with Crippen molar-refractivity contribution in [1.82, 2.24) is 25.4 Å². The van der Waals surface area contributed by atoms with E-state index in [0.717, 1.165) is 66.3 Å². The number of H-pyrrole nitrogens is 1. The minimum absolute atomic E-state index is 0.0455. The van der Waals surface area contributed by atoms with Crippen LogP contribution in [0.1, 0.15) is 29.2 Å². The van der Waals surface area contributed by atoms with Gasteiger partial charge >= 0.3 is 0 Å². The first-order valence-corrected chi connectivity index (χ1v) is 13.4. The van der Waals surface area contributed by atoms with Gasteiger partial charge in [-0.05, 0) is 61.0 Å². The van der Waals surface area contributed by atoms with Gasteiger partial charge in [0, 0.05) is 49.6 Å². The number of likely N-dealkylation sites (N-methyl/N-ethyl adjacent to an activating group) is 1. The molecule has 4 atom stereocenters. The summed E-state index contributed by atoms with van der Waals surface area (Å²) in [7, 11) is 3.84. The fraction of sp³-hybridized carbons (Fsp3) is 0.367. The number of methoxy groups -OCH3 is 1. The Morgan fingerprint density at radius 3 is 2.79 bits per heavy atom. The van der Waals surface area contributed by atoms with Gasteiger partial charge in [-0.25, -0.2) is 4.98 Å². The average molecular weight is 509 g/mol. The predicted octanol–water partition coefficient (Wildman–Crippen LogP) is 3.57. The summed E-state index contributed by atoms with van der Waals surface area (Å²) in [6, 6.07) is 10.7. The van der Waals surface area contributed by atoms with Crippen molar-refractivity contribution in [2.24, 2.45) is 11.3 Å². The molecule has 2 saturated heterocycles. The number of ether oxygens (including phenoxy) is 1. The second kappa shape index (κ2) is 8.84. The number of rotatable bonds is 5. The lowest BCUT2D eigenvalue weighted by Gasteiger charge is -2.33. The second-order valence-corrected chi connectivity index (χ2v) is 10.9. The molecule has 194 valence electrons. The van der Waals surface area contributed by atoms with Gasteiger partial charge in [-0.15, -0.1) is 0 Å². The minimum Gasteiger partial charge on any atom is -0.497 e. The van der Waals surface area contributed by atoms with Crippen molar-refractivity contribution < 1.29 is 9.53 Å². The van der Waals surface area contributed by atoms with Crippen LogP contribution >= 0.6 is 0 Å². The summed E-state index contributed by atoms with van der Waals surface area (Å²) >= 11 is 0. The zero-order valence-corrected chi connectivity index (χ0v) is 21.7. The molecule has 1 amide bonds. The number of allylic oxidation sites excluding steroid dienone is 1. The van der Waals surface area contributed by atoms with Crippen molar-refractivity contribution in [1.29, 1.82) is 0 Å². The van der Waals surface area contributed by atoms with Gasteiger partial charge in [0.1, 0.15) is 11.6 Å². The van der Waals surface area contributed by atoms with Crippen LogP contribution in [0.4, 0.5) is 5.82 Å². The van der Waals surface area contributed by atoms with Crippen LogP contribution < -0.4 is 10.2 Å². The number of aromatic nitrogens is 3. The molecule has 2 aliphatic carbocycles. The third-order valence-corrected chi connectivity index (χ3v) is 8.80. The highest BCUT2D eigenvalue weighted by molar-refractivity contribution is 5.93. The Kier molecular flexibility index (Phi) is 5.40. The molecule has 8 nitrogen and oxygen atoms in total. The molecule has 8 heteroatoms. The van der Waals surface area contributed by atoms with E-state index < -0.39 is 0 Å². The smallest absolute Gasteiger partial charge is 0.228 e. The molecule has 1 spiro atoms. The van der Waals surface area contributed by atoms with Crippen molar-refractivity contribution in [2.45, 2.75) is 18.4 Å². The fourth-order valence-corrected chi connectivity index (χ4v) is 6.44. The van der Waals surface area contributed by atoms with Gasteiger partial charge < -0.3 is 19.9 Å². The van der Waals surface area contributed by atoms with Crippen molar-refractivity contribution in [2.75, 3.05) is 45.2 Å². The van der Waals surface area contributed by atoms with Gasteiger partial charge in [0.2, 0.25) is 5.91 Å². The lowest BCUT2D eigenvalue weighted by Crippen LogP contribution is -2.44. The van der Waals surface area contributed by atoms with Gasteiger partial charge in [-0.3, -0.25) is 9.89 Å². The largest absolute Gasteiger partial charge is 0.497 e. The highest BCUT2D eigenvalue weighted by Gasteiger charge is 2.69. The van der Waals surface area contributed by atoms with Gasteiger partial charge in [0.15, 0.2) is 0 Å². The third-order valence-electron chi connectivity index (χ3n) is 8.80. The number of hydrogen-bond donors (Lipinski definition) is 2. The lowest BCUT2D eigenvalue weighted by molar-refractivity contribution is -0.124. The normalized spacial score (nSPS) is 28.7. The fourth-order valence-electron chi connectivity index (χ4n) is 6.44. The maximum Gasteiger partial charge on any atom is 0.228 e. The number of pyridine rings is 1. The summed E-state index contributed by atoms with van der Waals surface area (Å²) in [5, 5.41) is 12.0. The van der Waals surface area contributed by atoms with Crippen molar-refractivity contribution >= 4 is 34.8 Å². The number of aromatic amines is 1. The van der Waals surface area contributed by atoms with Crippen molar-refractivity contribution in [3.05, 3.63) is 77.3 Å². The first kappa shape index (κ1) is 23.2. The van der Waals surface area contributed by atoms with E-state index in [4.69, 9.17) is 4.74 Å². The molecule has 3 aromatic rings. The molecular weight excluding hydrogens is 476 g/mol. The second-order valence-electron chi connectivity index (χ2n) is 10.9. The maximum atomic E-state index is 13.1. The molecule has 4 heterocycles. The molecule has 2 aromatic heterocycles. The van der Waals surface area contributed by atoms with Gasteiger partial charge in [-0.2, -0.15) is 5.10 Å². The molecule has 1 aromatic carbocycles. The SMILES string of the molecule is COC1=CC2C(C=C1)NC(=O)[C@@]21CC1c1ccc2c(/C=C/c3ccc(N4CCN(C)CC4)nc3)n[nH]c2c1. The molecule has 2 aliphatic heterocycles. The number of anilines is 1. The molecule has 4 aliphatic rings. The van der Waals surface area contributed by atoms with Crippen LogP contribution in [0.2, 0.25) is 0 Å². The van der Waals surface area contributed by atoms with Crippen LogP contribution in [0.3, 0.4) is 0 Å². The molecule has 0 radical (unpaired) electrons. The molecule has 7 rings (SSSR count). The molecule has 38 heavy (non-hydrogen) atoms. The van der Waals surface area contributed by atoms with Crippen LogP contribution in [0, 0.1) is 11.3 Å². The van der Waals surface area contributed by atoms with Crippen LogP contribution in [-0.4, -0.2) is 72.4 Å². The zero-order valence-electron chi connectivity index (χ0n) is 21.7. The Morgan fingerprint density at radius 2 is 2.00 bits per heavy atom. The number of piperazine rings is 1. The highest BCUT2D eigenvalue weighted by atomic mass is 16.5. The number of carbonyl (C=O) groups is 1. The van der Waals surface area contributed by atoms with E-state index in [1.54, 1.807) is 7.11 Å². The van der Waals surface area contributed by atoms with Crippen molar-refractivity contribution in [3.63, 3.8) is 0 Å². The molecule has 3 unspecified atom stereocenters. The van der Waals surface area contributed by atoms with E-state index in [9.17, 15) is 4.79 Å². The number of fused-ring (bicyclic) bond motifs is 3. The highest BCUT2D eigenvalue weighted by Crippen LogP contribution is 2.67. The summed E-state index contributed by atoms with van der Waals surface area (Å²) in [6.45, 7) is 4.15. The monoisotopic (exact) mass is 508 g/mol. The minimum atomic E-state index is -0.390. The lowest BCUT2D eigenvalue weighted by atomic mass is 9.81. The Hall–Kier alpha value is -3.91. The number of carbonyl (C=O) groups excluding carboxylic acids is 1. The number of nitrogens with zero attached hydrogens (tertiary/aromatic N) is 4. The zero-order chi connectivity index (χ0) is 25.9. The van der Waals surface area contributed by atoms with Crippen molar-refractivity contribution in [3.8, 4) is 0 Å². The van der Waals surface area contributed by atoms with E-state index in [1.807, 2.05) is 18.3 Å². The maximum absolute atomic E-state index is 13.1. The molecular formula is C30H32N6O2. The van der Waals surface area contributed by atoms with E-state index in [1.165, 1.54) is 5.56 Å². The van der Waals surface area contributed by atoms with Crippen LogP contribution in [0.5, 0.6) is 0 Å². The standard InChI is InChI=1S/C30H32N6O2/c1-35-11-13-36(14-12-35)28-10-4-19(18-31-28)3-8-25-22-7-5-20(15-27(22)34-33-25)24-17-30(24)23-16-21(38-2)6-9-26(23)32-29(30)37/h3-10,15-16,18,23-24,26H,11-14,17H2,1-2H3,(H,32,37)(H,33,34)/b8-3+/t23?,24?,26?,30-/m0/s1. The molecule has 2 N–H and O–H groups in total. The molecule has 0 bridgehead atoms. The third kappa shape index (κ3) is 3.74. The number of benzene rings is 1. The topological polar surface area (TPSA) is 86.4 Å². The molecule has 1 saturated carbocycles. The summed E-state index contributed by atoms with van der Waals surface area (Å²) in [5.41, 5.74) is 3.71. The first-order chi connectivity index (χ1) is 18.5. The van der Waals surface area contributed by atoms with E-state index >= 15 is 0 Å². The van der Waals surface area contributed by atoms with E-state index in [-0.39, 0.29) is 29.2 Å². The quantitative estimate of drug-likeness (QED) is 0.548. The van der Waals surface area contributed by atoms with Gasteiger partial charge in [-0.1, -0.05) is 24.3 Å². The first-order valence-electron chi connectivity index (χ1n) is 13.4. The summed E-state index contributed by atoms with van der Waals surface area (Å²) in [6.07, 6.45) is 13.0. The van der Waals surface area contributed by atoms with Gasteiger partial charge in [0.05, 0.1) is 29.8 Å². The number of nitrogens with one attached hydrogen (secondary N) is 2. The van der Waals surface area contributed by atoms with Crippen LogP contribution in [0.15, 0.2) is 60.5 Å². The summed E-state index contributed by atoms with van der Waals surface area (Å²) < 4.78 is 5.46. The number of amides is 1. The Morgan fingerprint density at radius 1 is 1.13 bits per heavy atom. The number of hydrogen-bond acceptors (Lipinski definition) is 6. The van der Waals surface area contributed by atoms with E-state index in [0.29, 0.717) is 0 Å². The molecule has 3 fully saturated rings. The Bertz CT molecular complexity index is 1480. The summed E-state index contributed by atoms with van der Waals surface area (Å²) in [4.78, 5) is 22.4. The average Bonchev–Trinajstić information content (AvgIpc) is 3.49. The van der Waals surface area contributed by atoms with E-state index in [2.05, 4.69) is 85.9 Å². The van der Waals surface area contributed by atoms with Crippen LogP contribution in [0.25, 0.3) is 23.1 Å². The van der Waals surface area contributed by atoms with Gasteiger partial charge in [0.25, 0.3) is 0 Å².